The maximum atomic E-state index is 11.3. The quantitative estimate of drug-likeness (QED) is 0.493. The molecule has 1 fully saturated rings. The van der Waals surface area contributed by atoms with E-state index in [2.05, 4.69) is 0 Å². The second kappa shape index (κ2) is 5.39. The van der Waals surface area contributed by atoms with Gasteiger partial charge in [-0.1, -0.05) is 0 Å². The van der Waals surface area contributed by atoms with Crippen LogP contribution in [0.5, 0.6) is 0 Å². The molecule has 1 aliphatic heterocycles. The summed E-state index contributed by atoms with van der Waals surface area (Å²) in [6.45, 7) is 1.30. The van der Waals surface area contributed by atoms with Gasteiger partial charge in [0, 0.05) is 24.6 Å². The van der Waals surface area contributed by atoms with Gasteiger partial charge in [-0.3, -0.25) is 9.13 Å². The van der Waals surface area contributed by atoms with E-state index in [9.17, 15) is 14.0 Å². The average Bonchev–Trinajstić information content (AvgIpc) is 2.40. The SMILES string of the molecule is B[C@@H]1O[C@H](/C=C/P(=O)(O)O)C[C@H]1CP(C)(=O)O. The van der Waals surface area contributed by atoms with Crippen LogP contribution in [0.2, 0.25) is 0 Å². The maximum Gasteiger partial charge on any atom is 0.348 e. The van der Waals surface area contributed by atoms with Crippen LogP contribution in [-0.2, 0) is 13.9 Å². The molecule has 0 amide bonds. The first kappa shape index (κ1) is 15.2. The lowest BCUT2D eigenvalue weighted by Crippen LogP contribution is -2.19. The molecule has 0 aromatic heterocycles. The zero-order chi connectivity index (χ0) is 13.3. The minimum atomic E-state index is -4.16. The smallest absolute Gasteiger partial charge is 0.348 e. The molecule has 0 radical (unpaired) electrons. The number of hydrogen-bond donors (Lipinski definition) is 3. The van der Waals surface area contributed by atoms with E-state index >= 15 is 0 Å². The Balaban J connectivity index is 2.58. The van der Waals surface area contributed by atoms with Crippen molar-refractivity contribution in [3.8, 4) is 0 Å². The van der Waals surface area contributed by atoms with Gasteiger partial charge in [-0.05, 0) is 18.4 Å². The molecule has 17 heavy (non-hydrogen) atoms. The van der Waals surface area contributed by atoms with Crippen molar-refractivity contribution in [2.45, 2.75) is 18.5 Å². The average molecular weight is 282 g/mol. The highest BCUT2D eigenvalue weighted by Gasteiger charge is 2.34. The molecule has 0 bridgehead atoms. The summed E-state index contributed by atoms with van der Waals surface area (Å²) in [5.41, 5.74) is 0. The lowest BCUT2D eigenvalue weighted by molar-refractivity contribution is 0.112. The molecule has 1 saturated heterocycles. The van der Waals surface area contributed by atoms with Crippen molar-refractivity contribution in [2.24, 2.45) is 5.92 Å². The van der Waals surface area contributed by atoms with E-state index in [-0.39, 0.29) is 18.1 Å². The Morgan fingerprint density at radius 3 is 2.47 bits per heavy atom. The molecule has 0 aliphatic carbocycles. The summed E-state index contributed by atoms with van der Waals surface area (Å²) in [6, 6.07) is -0.179. The Morgan fingerprint density at radius 1 is 1.41 bits per heavy atom. The fraction of sp³-hybridized carbons (Fsp3) is 0.750. The van der Waals surface area contributed by atoms with Gasteiger partial charge >= 0.3 is 7.60 Å². The third-order valence-corrected chi connectivity index (χ3v) is 4.36. The van der Waals surface area contributed by atoms with Crippen molar-refractivity contribution >= 4 is 22.8 Å². The topological polar surface area (TPSA) is 104 Å². The van der Waals surface area contributed by atoms with Crippen molar-refractivity contribution in [2.75, 3.05) is 12.8 Å². The summed E-state index contributed by atoms with van der Waals surface area (Å²) < 4.78 is 27.4. The van der Waals surface area contributed by atoms with Gasteiger partial charge in [-0.2, -0.15) is 0 Å². The summed E-state index contributed by atoms with van der Waals surface area (Å²) in [5, 5.41) is 0. The van der Waals surface area contributed by atoms with E-state index in [1.807, 2.05) is 0 Å². The zero-order valence-electron chi connectivity index (χ0n) is 9.76. The van der Waals surface area contributed by atoms with E-state index < -0.39 is 21.1 Å². The van der Waals surface area contributed by atoms with Crippen molar-refractivity contribution in [1.82, 2.24) is 0 Å². The summed E-state index contributed by atoms with van der Waals surface area (Å²) in [7, 11) is -5.45. The zero-order valence-corrected chi connectivity index (χ0v) is 11.6. The van der Waals surface area contributed by atoms with Gasteiger partial charge in [0.25, 0.3) is 0 Å². The Bertz CT molecular complexity index is 385. The van der Waals surface area contributed by atoms with Crippen LogP contribution in [0.15, 0.2) is 11.9 Å². The summed E-state index contributed by atoms with van der Waals surface area (Å²) >= 11 is 0. The first-order valence-corrected chi connectivity index (χ1v) is 9.23. The fourth-order valence-electron chi connectivity index (χ4n) is 1.92. The lowest BCUT2D eigenvalue weighted by Gasteiger charge is -2.15. The highest BCUT2D eigenvalue weighted by molar-refractivity contribution is 7.57. The van der Waals surface area contributed by atoms with Crippen LogP contribution in [0.25, 0.3) is 0 Å². The first-order valence-electron chi connectivity index (χ1n) is 5.26. The standard InChI is InChI=1S/C8H17BO6P2/c1-16(10,11)5-6-4-7(15-8(6)9)2-3-17(12,13)14/h2-3,6-8H,4-5,9H2,1H3,(H,10,11)(H2,12,13,14)/b3-2+/t6-,7+,8+/m0/s1. The predicted molar refractivity (Wildman–Crippen MR) is 67.1 cm³/mol. The normalized spacial score (nSPS) is 34.0. The maximum absolute atomic E-state index is 11.3. The minimum Gasteiger partial charge on any atom is -0.380 e. The highest BCUT2D eigenvalue weighted by atomic mass is 31.2. The molecule has 98 valence electrons. The lowest BCUT2D eigenvalue weighted by atomic mass is 9.88. The van der Waals surface area contributed by atoms with Crippen LogP contribution < -0.4 is 0 Å². The Labute approximate surface area is 101 Å². The third kappa shape index (κ3) is 6.00. The molecule has 9 heteroatoms. The molecule has 1 heterocycles. The third-order valence-electron chi connectivity index (χ3n) is 2.66. The molecule has 0 aromatic rings. The highest BCUT2D eigenvalue weighted by Crippen LogP contribution is 2.43. The van der Waals surface area contributed by atoms with Gasteiger partial charge in [0.1, 0.15) is 7.85 Å². The second-order valence-electron chi connectivity index (χ2n) is 4.54. The van der Waals surface area contributed by atoms with Crippen LogP contribution in [0.4, 0.5) is 0 Å². The minimum absolute atomic E-state index is 0.0535. The van der Waals surface area contributed by atoms with Crippen LogP contribution >= 0.6 is 15.0 Å². The largest absolute Gasteiger partial charge is 0.380 e. The number of rotatable bonds is 4. The summed E-state index contributed by atoms with van der Waals surface area (Å²) in [6.07, 6.45) is 1.62. The number of hydrogen-bond acceptors (Lipinski definition) is 3. The predicted octanol–water partition coefficient (Wildman–Crippen LogP) is -0.0577. The van der Waals surface area contributed by atoms with Gasteiger partial charge in [0.2, 0.25) is 0 Å². The van der Waals surface area contributed by atoms with Crippen molar-refractivity contribution in [3.05, 3.63) is 11.9 Å². The molecule has 0 spiro atoms. The summed E-state index contributed by atoms with van der Waals surface area (Å²) in [5.74, 6) is 0.763. The molecular weight excluding hydrogens is 265 g/mol. The molecule has 0 aromatic carbocycles. The van der Waals surface area contributed by atoms with Crippen LogP contribution in [0.1, 0.15) is 6.42 Å². The summed E-state index contributed by atoms with van der Waals surface area (Å²) in [4.78, 5) is 26.7. The molecule has 1 rings (SSSR count). The van der Waals surface area contributed by atoms with E-state index in [0.29, 0.717) is 6.42 Å². The Kier molecular flexibility index (Phi) is 4.81. The van der Waals surface area contributed by atoms with E-state index in [1.165, 1.54) is 12.7 Å². The molecule has 4 atom stereocenters. The number of ether oxygens (including phenoxy) is 1. The Morgan fingerprint density at radius 2 is 2.00 bits per heavy atom. The van der Waals surface area contributed by atoms with Crippen molar-refractivity contribution in [1.29, 1.82) is 0 Å². The van der Waals surface area contributed by atoms with E-state index in [1.54, 1.807) is 7.85 Å². The Hall–Kier alpha value is 0.105. The molecule has 6 nitrogen and oxygen atoms in total. The van der Waals surface area contributed by atoms with Gasteiger partial charge in [0.15, 0.2) is 7.37 Å². The second-order valence-corrected chi connectivity index (χ2v) is 8.48. The van der Waals surface area contributed by atoms with E-state index in [4.69, 9.17) is 14.5 Å². The van der Waals surface area contributed by atoms with Crippen LogP contribution in [0.3, 0.4) is 0 Å². The van der Waals surface area contributed by atoms with Crippen molar-refractivity contribution in [3.63, 3.8) is 0 Å². The van der Waals surface area contributed by atoms with Crippen molar-refractivity contribution < 1.29 is 28.5 Å². The van der Waals surface area contributed by atoms with Gasteiger partial charge in [0.05, 0.1) is 6.10 Å². The monoisotopic (exact) mass is 282 g/mol. The van der Waals surface area contributed by atoms with Gasteiger partial charge < -0.3 is 19.4 Å². The molecule has 1 unspecified atom stereocenters. The molecular formula is C8H17BO6P2. The van der Waals surface area contributed by atoms with Crippen LogP contribution in [0, 0.1) is 5.92 Å². The van der Waals surface area contributed by atoms with Gasteiger partial charge in [-0.25, -0.2) is 0 Å². The molecule has 1 aliphatic rings. The molecule has 0 saturated carbocycles. The first-order chi connectivity index (χ1) is 7.57. The van der Waals surface area contributed by atoms with Crippen LogP contribution in [-0.4, -0.2) is 47.5 Å². The fourth-order valence-corrected chi connectivity index (χ4v) is 3.65. The van der Waals surface area contributed by atoms with Gasteiger partial charge in [-0.15, -0.1) is 0 Å². The van der Waals surface area contributed by atoms with E-state index in [0.717, 1.165) is 5.82 Å². The molecule has 3 N–H and O–H groups in total.